The fourth-order valence-electron chi connectivity index (χ4n) is 2.04. The van der Waals surface area contributed by atoms with Crippen LogP contribution in [0.3, 0.4) is 0 Å². The van der Waals surface area contributed by atoms with Crippen LogP contribution in [0.5, 0.6) is 5.75 Å². The molecule has 2 aromatic heterocycles. The third-order valence-corrected chi connectivity index (χ3v) is 3.14. The predicted molar refractivity (Wildman–Crippen MR) is 87.2 cm³/mol. The number of anilines is 2. The van der Waals surface area contributed by atoms with Crippen LogP contribution in [-0.2, 0) is 0 Å². The number of nitrogens with one attached hydrogen (secondary N) is 1. The zero-order chi connectivity index (χ0) is 16.2. The molecule has 7 nitrogen and oxygen atoms in total. The highest BCUT2D eigenvalue weighted by atomic mass is 16.5. The van der Waals surface area contributed by atoms with Crippen LogP contribution in [-0.4, -0.2) is 23.0 Å². The molecule has 0 bridgehead atoms. The van der Waals surface area contributed by atoms with Crippen LogP contribution in [0.15, 0.2) is 53.3 Å². The number of amides is 1. The number of para-hydroxylation sites is 2. The van der Waals surface area contributed by atoms with Crippen molar-refractivity contribution in [2.45, 2.75) is 0 Å². The summed E-state index contributed by atoms with van der Waals surface area (Å²) in [6.45, 7) is 0. The Bertz CT molecular complexity index is 837. The number of nitrogens with two attached hydrogens (primary N) is 1. The number of rotatable bonds is 4. The monoisotopic (exact) mass is 312 g/mol. The van der Waals surface area contributed by atoms with Gasteiger partial charge in [-0.3, -0.25) is 4.79 Å². The number of ether oxygens (including phenoxy) is 1. The Morgan fingerprint density at radius 2 is 2.13 bits per heavy atom. The molecule has 0 radical (unpaired) electrons. The van der Waals surface area contributed by atoms with Gasteiger partial charge in [0.2, 0.25) is 0 Å². The molecule has 0 atom stereocenters. The van der Waals surface area contributed by atoms with Gasteiger partial charge in [0.25, 0.3) is 5.91 Å². The van der Waals surface area contributed by atoms with E-state index >= 15 is 0 Å². The van der Waals surface area contributed by atoms with Crippen LogP contribution in [0.4, 0.5) is 11.5 Å². The molecule has 1 amide bonds. The minimum Gasteiger partial charge on any atom is -0.495 e. The summed E-state index contributed by atoms with van der Waals surface area (Å²) in [5, 5.41) is 2.71. The fraction of sp³-hybridized carbons (Fsp3) is 0.0625. The fourth-order valence-corrected chi connectivity index (χ4v) is 2.04. The summed E-state index contributed by atoms with van der Waals surface area (Å²) in [4.78, 5) is 20.7. The zero-order valence-corrected chi connectivity index (χ0v) is 12.3. The van der Waals surface area contributed by atoms with Crippen LogP contribution in [0.1, 0.15) is 11.9 Å². The lowest BCUT2D eigenvalue weighted by molar-refractivity contribution is 0.102. The first-order valence-corrected chi connectivity index (χ1v) is 6.80. The average molecular weight is 312 g/mol. The van der Waals surface area contributed by atoms with E-state index in [2.05, 4.69) is 15.3 Å². The molecule has 0 aliphatic rings. The molecule has 3 N–H and O–H groups in total. The number of hydrogen-bond donors (Lipinski definition) is 2. The van der Waals surface area contributed by atoms with Crippen LogP contribution < -0.4 is 15.8 Å². The first-order chi connectivity index (χ1) is 11.2. The number of carbonyl (C=O) groups is 1. The molecule has 23 heavy (non-hydrogen) atoms. The molecule has 118 valence electrons. The molecule has 0 saturated heterocycles. The third kappa shape index (κ3) is 2.98. The molecule has 0 spiro atoms. The highest BCUT2D eigenvalue weighted by Gasteiger charge is 2.17. The summed E-state index contributed by atoms with van der Waals surface area (Å²) < 4.78 is 10.5. The normalized spacial score (nSPS) is 10.3. The van der Waals surface area contributed by atoms with Gasteiger partial charge >= 0.3 is 0 Å². The standard InChI is InChI=1S/C16H14N4O3.H2/c1-22-12-6-3-2-5-10(12)20-16(21)14-15(17)18-9-11(19-14)13-7-4-8-23-13;/h2-9H,1H3,(H2,17,18)(H,20,21);1H. The Balaban J connectivity index is 0.00000208. The van der Waals surface area contributed by atoms with Crippen LogP contribution in [0, 0.1) is 0 Å². The van der Waals surface area contributed by atoms with Crippen LogP contribution in [0.2, 0.25) is 0 Å². The molecular weight excluding hydrogens is 296 g/mol. The lowest BCUT2D eigenvalue weighted by Crippen LogP contribution is -2.17. The van der Waals surface area contributed by atoms with Crippen LogP contribution >= 0.6 is 0 Å². The molecule has 0 aliphatic carbocycles. The second-order valence-corrected chi connectivity index (χ2v) is 4.62. The van der Waals surface area contributed by atoms with E-state index in [1.54, 1.807) is 36.4 Å². The van der Waals surface area contributed by atoms with Crippen LogP contribution in [0.25, 0.3) is 11.5 Å². The largest absolute Gasteiger partial charge is 0.495 e. The van der Waals surface area contributed by atoms with Crippen molar-refractivity contribution in [3.8, 4) is 17.2 Å². The average Bonchev–Trinajstić information content (AvgIpc) is 3.10. The van der Waals surface area contributed by atoms with Gasteiger partial charge in [-0.1, -0.05) is 12.1 Å². The van der Waals surface area contributed by atoms with Gasteiger partial charge in [-0.05, 0) is 24.3 Å². The van der Waals surface area contributed by atoms with Crippen molar-refractivity contribution in [3.05, 3.63) is 54.6 Å². The van der Waals surface area contributed by atoms with Crippen molar-refractivity contribution in [1.82, 2.24) is 9.97 Å². The Labute approximate surface area is 133 Å². The highest BCUT2D eigenvalue weighted by Crippen LogP contribution is 2.24. The summed E-state index contributed by atoms with van der Waals surface area (Å²) in [5.41, 5.74) is 6.73. The molecule has 0 unspecified atom stereocenters. The number of methoxy groups -OCH3 is 1. The molecule has 7 heteroatoms. The number of carbonyl (C=O) groups excluding carboxylic acids is 1. The predicted octanol–water partition coefficient (Wildman–Crippen LogP) is 2.83. The van der Waals surface area contributed by atoms with E-state index < -0.39 is 5.91 Å². The van der Waals surface area contributed by atoms with Gasteiger partial charge in [0, 0.05) is 1.43 Å². The van der Waals surface area contributed by atoms with Gasteiger partial charge in [-0.2, -0.15) is 0 Å². The van der Waals surface area contributed by atoms with E-state index in [9.17, 15) is 4.79 Å². The summed E-state index contributed by atoms with van der Waals surface area (Å²) >= 11 is 0. The van der Waals surface area contributed by atoms with E-state index in [4.69, 9.17) is 14.9 Å². The maximum Gasteiger partial charge on any atom is 0.278 e. The molecule has 3 rings (SSSR count). The number of furan rings is 1. The van der Waals surface area contributed by atoms with Crippen molar-refractivity contribution >= 4 is 17.4 Å². The highest BCUT2D eigenvalue weighted by molar-refractivity contribution is 6.06. The molecule has 0 fully saturated rings. The van der Waals surface area contributed by atoms with Crippen molar-refractivity contribution in [3.63, 3.8) is 0 Å². The number of benzene rings is 1. The van der Waals surface area contributed by atoms with E-state index in [1.807, 2.05) is 0 Å². The van der Waals surface area contributed by atoms with Crippen molar-refractivity contribution in [2.75, 3.05) is 18.2 Å². The van der Waals surface area contributed by atoms with E-state index in [1.165, 1.54) is 19.6 Å². The summed E-state index contributed by atoms with van der Waals surface area (Å²) in [6, 6.07) is 10.5. The SMILES string of the molecule is COc1ccccc1NC(=O)c1nc(-c2ccco2)cnc1N.[HH]. The number of nitrogen functional groups attached to an aromatic ring is 1. The minimum atomic E-state index is -0.479. The maximum atomic E-state index is 12.4. The maximum absolute atomic E-state index is 12.4. The zero-order valence-electron chi connectivity index (χ0n) is 12.3. The molecule has 2 heterocycles. The van der Waals surface area contributed by atoms with E-state index in [0.29, 0.717) is 22.9 Å². The third-order valence-electron chi connectivity index (χ3n) is 3.14. The quantitative estimate of drug-likeness (QED) is 0.767. The Hall–Kier alpha value is -3.35. The topological polar surface area (TPSA) is 103 Å². The van der Waals surface area contributed by atoms with Crippen molar-refractivity contribution < 1.29 is 15.4 Å². The Morgan fingerprint density at radius 3 is 2.87 bits per heavy atom. The van der Waals surface area contributed by atoms with E-state index in [-0.39, 0.29) is 12.9 Å². The van der Waals surface area contributed by atoms with Gasteiger partial charge in [0.15, 0.2) is 17.3 Å². The lowest BCUT2D eigenvalue weighted by atomic mass is 10.2. The summed E-state index contributed by atoms with van der Waals surface area (Å²) in [5.74, 6) is 0.596. The molecule has 3 aromatic rings. The second-order valence-electron chi connectivity index (χ2n) is 4.62. The van der Waals surface area contributed by atoms with Gasteiger partial charge < -0.3 is 20.2 Å². The smallest absolute Gasteiger partial charge is 0.278 e. The van der Waals surface area contributed by atoms with Crippen molar-refractivity contribution in [1.29, 1.82) is 0 Å². The molecular formula is C16H16N4O3. The molecule has 1 aromatic carbocycles. The number of hydrogen-bond acceptors (Lipinski definition) is 6. The van der Waals surface area contributed by atoms with E-state index in [0.717, 1.165) is 0 Å². The first-order valence-electron chi connectivity index (χ1n) is 6.80. The van der Waals surface area contributed by atoms with Gasteiger partial charge in [0.1, 0.15) is 11.4 Å². The Kier molecular flexibility index (Phi) is 3.92. The lowest BCUT2D eigenvalue weighted by Gasteiger charge is -2.10. The minimum absolute atomic E-state index is 0. The molecule has 0 saturated carbocycles. The van der Waals surface area contributed by atoms with Gasteiger partial charge in [0.05, 0.1) is 25.3 Å². The summed E-state index contributed by atoms with van der Waals surface area (Å²) in [6.07, 6.45) is 2.97. The molecule has 0 aliphatic heterocycles. The Morgan fingerprint density at radius 1 is 1.30 bits per heavy atom. The first kappa shape index (κ1) is 14.6. The van der Waals surface area contributed by atoms with Gasteiger partial charge in [-0.15, -0.1) is 0 Å². The number of aromatic nitrogens is 2. The summed E-state index contributed by atoms with van der Waals surface area (Å²) in [7, 11) is 1.52. The van der Waals surface area contributed by atoms with Gasteiger partial charge in [-0.25, -0.2) is 9.97 Å². The van der Waals surface area contributed by atoms with Crippen molar-refractivity contribution in [2.24, 2.45) is 0 Å². The number of nitrogens with zero attached hydrogens (tertiary/aromatic N) is 2. The second kappa shape index (κ2) is 6.18.